The molecule has 0 saturated carbocycles. The van der Waals surface area contributed by atoms with E-state index in [4.69, 9.17) is 0 Å². The maximum Gasteiger partial charge on any atom is 0.0178 e. The van der Waals surface area contributed by atoms with Crippen LogP contribution in [-0.4, -0.2) is 12.0 Å². The van der Waals surface area contributed by atoms with Crippen molar-refractivity contribution in [2.24, 2.45) is 5.92 Å². The molecule has 0 bridgehead atoms. The molecule has 0 aromatic carbocycles. The Kier molecular flexibility index (Phi) is 7.91. The van der Waals surface area contributed by atoms with Crippen molar-refractivity contribution < 1.29 is 0 Å². The van der Waals surface area contributed by atoms with Crippen molar-refractivity contribution in [3.05, 3.63) is 36.5 Å². The summed E-state index contributed by atoms with van der Waals surface area (Å²) in [5, 5.41) is 0. The summed E-state index contributed by atoms with van der Waals surface area (Å²) in [6, 6.07) is 0. The molecule has 0 N–H and O–H groups in total. The molecule has 0 amide bonds. The first-order valence-electron chi connectivity index (χ1n) is 4.73. The molecule has 0 spiro atoms. The average Bonchev–Trinajstić information content (AvgIpc) is 2.14. The number of rotatable bonds is 6. The van der Waals surface area contributed by atoms with Crippen molar-refractivity contribution in [3.63, 3.8) is 0 Å². The number of hydrogen-bond donors (Lipinski definition) is 0. The molecule has 1 atom stereocenters. The predicted octanol–water partition coefficient (Wildman–Crippen LogP) is 4.06. The zero-order valence-corrected chi connectivity index (χ0v) is 9.73. The van der Waals surface area contributed by atoms with Gasteiger partial charge in [0.1, 0.15) is 0 Å². The quantitative estimate of drug-likeness (QED) is 0.456. The summed E-state index contributed by atoms with van der Waals surface area (Å²) in [5.41, 5.74) is 1.40. The minimum atomic E-state index is 0.526. The lowest BCUT2D eigenvalue weighted by molar-refractivity contribution is 0.772. The van der Waals surface area contributed by atoms with Crippen LogP contribution in [-0.2, 0) is 0 Å². The average molecular weight is 196 g/mol. The number of hydrogen-bond acceptors (Lipinski definition) is 1. The van der Waals surface area contributed by atoms with Crippen LogP contribution in [0.3, 0.4) is 0 Å². The fourth-order valence-corrected chi connectivity index (χ4v) is 1.69. The molecule has 0 aliphatic rings. The lowest BCUT2D eigenvalue weighted by atomic mass is 10.0. The third-order valence-corrected chi connectivity index (χ3v) is 2.52. The minimum Gasteiger partial charge on any atom is -0.161 e. The van der Waals surface area contributed by atoms with Crippen molar-refractivity contribution >= 4 is 11.8 Å². The lowest BCUT2D eigenvalue weighted by Crippen LogP contribution is -1.92. The predicted molar refractivity (Wildman–Crippen MR) is 65.3 cm³/mol. The molecule has 0 radical (unpaired) electrons. The molecule has 0 nitrogen and oxygen atoms in total. The van der Waals surface area contributed by atoms with Crippen LogP contribution in [0.15, 0.2) is 36.5 Å². The molecule has 0 aliphatic carbocycles. The molecule has 0 aliphatic heterocycles. The highest BCUT2D eigenvalue weighted by Crippen LogP contribution is 2.13. The molecule has 0 heterocycles. The van der Waals surface area contributed by atoms with E-state index in [0.29, 0.717) is 5.92 Å². The van der Waals surface area contributed by atoms with Crippen LogP contribution >= 0.6 is 11.8 Å². The second kappa shape index (κ2) is 8.18. The van der Waals surface area contributed by atoms with Crippen LogP contribution in [0.2, 0.25) is 0 Å². The summed E-state index contributed by atoms with van der Waals surface area (Å²) in [5.74, 6) is 1.62. The minimum absolute atomic E-state index is 0.526. The van der Waals surface area contributed by atoms with Gasteiger partial charge < -0.3 is 0 Å². The van der Waals surface area contributed by atoms with Crippen LogP contribution in [0.5, 0.6) is 0 Å². The van der Waals surface area contributed by atoms with Gasteiger partial charge in [-0.25, -0.2) is 0 Å². The van der Waals surface area contributed by atoms with Gasteiger partial charge >= 0.3 is 0 Å². The maximum absolute atomic E-state index is 3.83. The largest absolute Gasteiger partial charge is 0.161 e. The van der Waals surface area contributed by atoms with Gasteiger partial charge in [0.05, 0.1) is 0 Å². The number of thioether (sulfide) groups is 1. The van der Waals surface area contributed by atoms with E-state index in [9.17, 15) is 0 Å². The Hall–Kier alpha value is -0.430. The first-order valence-corrected chi connectivity index (χ1v) is 6.12. The van der Waals surface area contributed by atoms with Crippen LogP contribution in [0, 0.1) is 5.92 Å². The maximum atomic E-state index is 3.83. The van der Waals surface area contributed by atoms with E-state index in [-0.39, 0.29) is 0 Å². The van der Waals surface area contributed by atoms with Gasteiger partial charge in [0, 0.05) is 5.75 Å². The third-order valence-electron chi connectivity index (χ3n) is 1.89. The first-order chi connectivity index (χ1) is 6.28. The standard InChI is InChI=1S/C12H20S/c1-5-8-12(10-13-4)9-11(6-2)7-3/h5-6,8-9,11H,2,7,10H2,1,3-4H3/b8-5-,12-9+. The first kappa shape index (κ1) is 12.6. The summed E-state index contributed by atoms with van der Waals surface area (Å²) in [7, 11) is 0. The summed E-state index contributed by atoms with van der Waals surface area (Å²) in [6.07, 6.45) is 11.9. The Morgan fingerprint density at radius 2 is 2.23 bits per heavy atom. The summed E-state index contributed by atoms with van der Waals surface area (Å²) < 4.78 is 0. The Labute approximate surface area is 86.8 Å². The monoisotopic (exact) mass is 196 g/mol. The van der Waals surface area contributed by atoms with Crippen molar-refractivity contribution in [3.8, 4) is 0 Å². The Morgan fingerprint density at radius 1 is 1.54 bits per heavy atom. The van der Waals surface area contributed by atoms with E-state index in [0.717, 1.165) is 12.2 Å². The zero-order chi connectivity index (χ0) is 10.1. The molecule has 1 unspecified atom stereocenters. The SMILES string of the molecule is C=CC(/C=C(\C=C/C)CSC)CC. The molecule has 13 heavy (non-hydrogen) atoms. The van der Waals surface area contributed by atoms with Gasteiger partial charge in [0.15, 0.2) is 0 Å². The summed E-state index contributed by atoms with van der Waals surface area (Å²) in [6.45, 7) is 8.08. The normalized spacial score (nSPS) is 14.8. The van der Waals surface area contributed by atoms with Crippen molar-refractivity contribution in [2.75, 3.05) is 12.0 Å². The topological polar surface area (TPSA) is 0 Å². The molecule has 0 aromatic heterocycles. The van der Waals surface area contributed by atoms with Gasteiger partial charge in [-0.1, -0.05) is 31.2 Å². The number of allylic oxidation sites excluding steroid dienone is 4. The van der Waals surface area contributed by atoms with Crippen LogP contribution < -0.4 is 0 Å². The van der Waals surface area contributed by atoms with Gasteiger partial charge in [-0.2, -0.15) is 11.8 Å². The van der Waals surface area contributed by atoms with Crippen molar-refractivity contribution in [1.29, 1.82) is 0 Å². The highest BCUT2D eigenvalue weighted by atomic mass is 32.2. The van der Waals surface area contributed by atoms with Gasteiger partial charge in [-0.05, 0) is 31.1 Å². The van der Waals surface area contributed by atoms with Crippen LogP contribution in [0.1, 0.15) is 20.3 Å². The highest BCUT2D eigenvalue weighted by Gasteiger charge is 1.98. The van der Waals surface area contributed by atoms with Crippen molar-refractivity contribution in [1.82, 2.24) is 0 Å². The molecular formula is C12H20S. The second-order valence-electron chi connectivity index (χ2n) is 2.98. The molecular weight excluding hydrogens is 176 g/mol. The second-order valence-corrected chi connectivity index (χ2v) is 3.85. The van der Waals surface area contributed by atoms with E-state index >= 15 is 0 Å². The summed E-state index contributed by atoms with van der Waals surface area (Å²) >= 11 is 1.86. The van der Waals surface area contributed by atoms with Crippen molar-refractivity contribution in [2.45, 2.75) is 20.3 Å². The van der Waals surface area contributed by atoms with Crippen LogP contribution in [0.4, 0.5) is 0 Å². The highest BCUT2D eigenvalue weighted by molar-refractivity contribution is 7.98. The molecule has 0 fully saturated rings. The fraction of sp³-hybridized carbons (Fsp3) is 0.500. The van der Waals surface area contributed by atoms with E-state index in [1.165, 1.54) is 5.57 Å². The van der Waals surface area contributed by atoms with E-state index in [1.54, 1.807) is 0 Å². The van der Waals surface area contributed by atoms with Gasteiger partial charge in [0.25, 0.3) is 0 Å². The smallest absolute Gasteiger partial charge is 0.0178 e. The molecule has 74 valence electrons. The van der Waals surface area contributed by atoms with E-state index < -0.39 is 0 Å². The Bertz CT molecular complexity index is 189. The Balaban J connectivity index is 4.38. The molecule has 0 aromatic rings. The molecule has 0 rings (SSSR count). The fourth-order valence-electron chi connectivity index (χ4n) is 1.16. The zero-order valence-electron chi connectivity index (χ0n) is 8.92. The van der Waals surface area contributed by atoms with Gasteiger partial charge in [-0.3, -0.25) is 0 Å². The molecule has 0 saturated heterocycles. The lowest BCUT2D eigenvalue weighted by Gasteiger charge is -2.06. The van der Waals surface area contributed by atoms with E-state index in [2.05, 4.69) is 44.9 Å². The Morgan fingerprint density at radius 3 is 2.62 bits per heavy atom. The molecule has 1 heteroatoms. The summed E-state index contributed by atoms with van der Waals surface area (Å²) in [4.78, 5) is 0. The van der Waals surface area contributed by atoms with Gasteiger partial charge in [0.2, 0.25) is 0 Å². The third kappa shape index (κ3) is 5.75. The van der Waals surface area contributed by atoms with Crippen LogP contribution in [0.25, 0.3) is 0 Å². The van der Waals surface area contributed by atoms with Gasteiger partial charge in [-0.15, -0.1) is 6.58 Å². The van der Waals surface area contributed by atoms with E-state index in [1.807, 2.05) is 17.8 Å².